The minimum absolute atomic E-state index is 0.0806. The van der Waals surface area contributed by atoms with Crippen molar-refractivity contribution in [1.29, 1.82) is 0 Å². The van der Waals surface area contributed by atoms with Gasteiger partial charge in [-0.2, -0.15) is 0 Å². The number of hydrogen-bond donors (Lipinski definition) is 3. The van der Waals surface area contributed by atoms with Crippen molar-refractivity contribution in [2.24, 2.45) is 0 Å². The number of nitrogens with one attached hydrogen (secondary N) is 3. The molecule has 1 aliphatic heterocycles. The van der Waals surface area contributed by atoms with E-state index in [0.717, 1.165) is 53.9 Å². The van der Waals surface area contributed by atoms with Crippen LogP contribution in [0.5, 0.6) is 0 Å². The fraction of sp³-hybridized carbons (Fsp3) is 0.556. The van der Waals surface area contributed by atoms with E-state index in [4.69, 9.17) is 0 Å². The van der Waals surface area contributed by atoms with Crippen molar-refractivity contribution in [2.75, 3.05) is 6.54 Å². The molecule has 1 saturated heterocycles. The number of thiophene rings is 1. The van der Waals surface area contributed by atoms with Gasteiger partial charge in [0.05, 0.1) is 0 Å². The van der Waals surface area contributed by atoms with Crippen molar-refractivity contribution in [3.8, 4) is 0 Å². The highest BCUT2D eigenvalue weighted by molar-refractivity contribution is 7.10. The number of urea groups is 2. The number of fused-ring (bicyclic) bond motifs is 2. The average Bonchev–Trinajstić information content (AvgIpc) is 3.34. The van der Waals surface area contributed by atoms with Gasteiger partial charge in [-0.25, -0.2) is 9.59 Å². The van der Waals surface area contributed by atoms with Crippen molar-refractivity contribution in [3.63, 3.8) is 0 Å². The molecule has 2 aliphatic carbocycles. The summed E-state index contributed by atoms with van der Waals surface area (Å²) in [4.78, 5) is 51.6. The number of imide groups is 2. The van der Waals surface area contributed by atoms with E-state index in [2.05, 4.69) is 16.0 Å². The molecule has 0 aromatic carbocycles. The predicted molar refractivity (Wildman–Crippen MR) is 98.1 cm³/mol. The van der Waals surface area contributed by atoms with Crippen LogP contribution in [-0.4, -0.2) is 41.4 Å². The van der Waals surface area contributed by atoms with Crippen LogP contribution in [0, 0.1) is 0 Å². The van der Waals surface area contributed by atoms with E-state index in [1.54, 1.807) is 11.3 Å². The van der Waals surface area contributed by atoms with Crippen LogP contribution in [0.3, 0.4) is 0 Å². The van der Waals surface area contributed by atoms with Crippen LogP contribution >= 0.6 is 11.3 Å². The summed E-state index contributed by atoms with van der Waals surface area (Å²) in [6, 6.07) is 0.782. The van der Waals surface area contributed by atoms with Crippen LogP contribution in [0.4, 0.5) is 9.59 Å². The molecule has 1 aromatic heterocycles. The molecule has 3 N–H and O–H groups in total. The van der Waals surface area contributed by atoms with Gasteiger partial charge in [0.25, 0.3) is 5.91 Å². The van der Waals surface area contributed by atoms with E-state index in [0.29, 0.717) is 6.42 Å². The standard InChI is InChI=1S/C18H22N4O4S/c23-14(20-16(25)19-11-4-1-2-5-11)10-22-15(24)18(21-17(22)26)8-3-6-13-12(18)7-9-27-13/h7,9,11H,1-6,8,10H2,(H,21,26)(H2,19,20,23,25)/t18-/m1/s1. The number of aryl methyl sites for hydroxylation is 1. The Morgan fingerprint density at radius 2 is 2.04 bits per heavy atom. The maximum absolute atomic E-state index is 13.0. The summed E-state index contributed by atoms with van der Waals surface area (Å²) in [5.74, 6) is -1.09. The fourth-order valence-corrected chi connectivity index (χ4v) is 5.29. The summed E-state index contributed by atoms with van der Waals surface area (Å²) in [7, 11) is 0. The van der Waals surface area contributed by atoms with Gasteiger partial charge in [0, 0.05) is 16.5 Å². The van der Waals surface area contributed by atoms with Gasteiger partial charge in [0.2, 0.25) is 5.91 Å². The van der Waals surface area contributed by atoms with Gasteiger partial charge in [0.15, 0.2) is 0 Å². The number of carbonyl (C=O) groups excluding carboxylic acids is 4. The van der Waals surface area contributed by atoms with Crippen molar-refractivity contribution in [1.82, 2.24) is 20.9 Å². The molecule has 8 nitrogen and oxygen atoms in total. The normalized spacial score (nSPS) is 24.8. The highest BCUT2D eigenvalue weighted by Crippen LogP contribution is 2.41. The Bertz CT molecular complexity index is 801. The monoisotopic (exact) mass is 390 g/mol. The first kappa shape index (κ1) is 18.0. The Morgan fingerprint density at radius 3 is 2.81 bits per heavy atom. The Morgan fingerprint density at radius 1 is 1.26 bits per heavy atom. The summed E-state index contributed by atoms with van der Waals surface area (Å²) in [5, 5.41) is 9.68. The molecule has 1 aromatic rings. The molecule has 9 heteroatoms. The molecule has 27 heavy (non-hydrogen) atoms. The van der Waals surface area contributed by atoms with E-state index in [9.17, 15) is 19.2 Å². The second-order valence-electron chi connectivity index (χ2n) is 7.34. The van der Waals surface area contributed by atoms with Gasteiger partial charge < -0.3 is 10.6 Å². The van der Waals surface area contributed by atoms with Crippen molar-refractivity contribution in [3.05, 3.63) is 21.9 Å². The Hall–Kier alpha value is -2.42. The molecule has 0 unspecified atom stereocenters. The Balaban J connectivity index is 1.41. The predicted octanol–water partition coefficient (Wildman–Crippen LogP) is 1.60. The second-order valence-corrected chi connectivity index (χ2v) is 8.34. The molecule has 1 saturated carbocycles. The number of nitrogens with zero attached hydrogens (tertiary/aromatic N) is 1. The summed E-state index contributed by atoms with van der Waals surface area (Å²) >= 11 is 1.57. The van der Waals surface area contributed by atoms with E-state index >= 15 is 0 Å². The summed E-state index contributed by atoms with van der Waals surface area (Å²) < 4.78 is 0. The van der Waals surface area contributed by atoms with Crippen LogP contribution in [-0.2, 0) is 21.5 Å². The third kappa shape index (κ3) is 3.20. The van der Waals surface area contributed by atoms with Gasteiger partial charge in [-0.3, -0.25) is 19.8 Å². The summed E-state index contributed by atoms with van der Waals surface area (Å²) in [6.07, 6.45) is 6.13. The van der Waals surface area contributed by atoms with Gasteiger partial charge in [0.1, 0.15) is 12.1 Å². The topological polar surface area (TPSA) is 108 Å². The molecular weight excluding hydrogens is 368 g/mol. The molecule has 0 bridgehead atoms. The average molecular weight is 390 g/mol. The van der Waals surface area contributed by atoms with Crippen molar-refractivity contribution in [2.45, 2.75) is 56.5 Å². The van der Waals surface area contributed by atoms with Crippen LogP contribution in [0.2, 0.25) is 0 Å². The first-order valence-corrected chi connectivity index (χ1v) is 10.2. The molecule has 2 heterocycles. The lowest BCUT2D eigenvalue weighted by Crippen LogP contribution is -2.49. The van der Waals surface area contributed by atoms with Gasteiger partial charge >= 0.3 is 12.1 Å². The first-order valence-electron chi connectivity index (χ1n) is 9.31. The number of amides is 6. The second kappa shape index (κ2) is 6.95. The lowest BCUT2D eigenvalue weighted by atomic mass is 9.80. The largest absolute Gasteiger partial charge is 0.335 e. The molecule has 144 valence electrons. The third-order valence-corrected chi connectivity index (χ3v) is 6.56. The number of rotatable bonds is 3. The molecule has 3 aliphatic rings. The van der Waals surface area contributed by atoms with Crippen LogP contribution in [0.25, 0.3) is 0 Å². The molecule has 4 rings (SSSR count). The molecule has 6 amide bonds. The maximum Gasteiger partial charge on any atom is 0.325 e. The Labute approximate surface area is 160 Å². The minimum Gasteiger partial charge on any atom is -0.335 e. The molecule has 0 radical (unpaired) electrons. The van der Waals surface area contributed by atoms with Gasteiger partial charge in [-0.15, -0.1) is 11.3 Å². The zero-order valence-electron chi connectivity index (χ0n) is 14.9. The fourth-order valence-electron chi connectivity index (χ4n) is 4.29. The highest BCUT2D eigenvalue weighted by Gasteiger charge is 2.54. The molecule has 1 atom stereocenters. The zero-order chi connectivity index (χ0) is 19.0. The minimum atomic E-state index is -1.07. The molecule has 2 fully saturated rings. The van der Waals surface area contributed by atoms with E-state index in [1.807, 2.05) is 11.4 Å². The quantitative estimate of drug-likeness (QED) is 0.681. The SMILES string of the molecule is O=C(CN1C(=O)N[C@@]2(CCCc3sccc32)C1=O)NC(=O)NC1CCCC1. The van der Waals surface area contributed by atoms with Crippen molar-refractivity contribution < 1.29 is 19.2 Å². The maximum atomic E-state index is 13.0. The van der Waals surface area contributed by atoms with E-state index < -0.39 is 36.0 Å². The third-order valence-electron chi connectivity index (χ3n) is 5.58. The van der Waals surface area contributed by atoms with Gasteiger partial charge in [-0.05, 0) is 43.6 Å². The highest BCUT2D eigenvalue weighted by atomic mass is 32.1. The zero-order valence-corrected chi connectivity index (χ0v) is 15.7. The molecular formula is C18H22N4O4S. The van der Waals surface area contributed by atoms with Gasteiger partial charge in [-0.1, -0.05) is 12.8 Å². The van der Waals surface area contributed by atoms with Crippen molar-refractivity contribution >= 4 is 35.2 Å². The first-order chi connectivity index (χ1) is 13.0. The summed E-state index contributed by atoms with van der Waals surface area (Å²) in [6.45, 7) is -0.468. The molecule has 1 spiro atoms. The van der Waals surface area contributed by atoms with E-state index in [1.165, 1.54) is 0 Å². The lowest BCUT2D eigenvalue weighted by Gasteiger charge is -2.31. The number of carbonyl (C=O) groups is 4. The number of hydrogen-bond acceptors (Lipinski definition) is 5. The van der Waals surface area contributed by atoms with Crippen LogP contribution in [0.15, 0.2) is 11.4 Å². The smallest absolute Gasteiger partial charge is 0.325 e. The van der Waals surface area contributed by atoms with Crippen LogP contribution < -0.4 is 16.0 Å². The Kier molecular flexibility index (Phi) is 4.63. The lowest BCUT2D eigenvalue weighted by molar-refractivity contribution is -0.135. The van der Waals surface area contributed by atoms with E-state index in [-0.39, 0.29) is 6.04 Å². The summed E-state index contributed by atoms with van der Waals surface area (Å²) in [5.41, 5.74) is -0.240. The van der Waals surface area contributed by atoms with Crippen LogP contribution in [0.1, 0.15) is 49.0 Å².